The van der Waals surface area contributed by atoms with E-state index in [4.69, 9.17) is 0 Å². The summed E-state index contributed by atoms with van der Waals surface area (Å²) >= 11 is 0. The molecule has 1 aliphatic rings. The van der Waals surface area contributed by atoms with Crippen molar-refractivity contribution in [3.8, 4) is 0 Å². The molecule has 1 saturated heterocycles. The van der Waals surface area contributed by atoms with E-state index in [2.05, 4.69) is 10.2 Å². The minimum atomic E-state index is -3.54. The van der Waals surface area contributed by atoms with Gasteiger partial charge in [-0.3, -0.25) is 5.10 Å². The Kier molecular flexibility index (Phi) is 4.24. The minimum absolute atomic E-state index is 0.116. The van der Waals surface area contributed by atoms with Crippen LogP contribution in [0.4, 0.5) is 0 Å². The monoisotopic (exact) mass is 288 g/mol. The van der Waals surface area contributed by atoms with Gasteiger partial charge in [-0.25, -0.2) is 8.42 Å². The van der Waals surface area contributed by atoms with Crippen LogP contribution in [0.15, 0.2) is 17.3 Å². The van der Waals surface area contributed by atoms with E-state index in [-0.39, 0.29) is 17.4 Å². The van der Waals surface area contributed by atoms with Gasteiger partial charge in [-0.15, -0.1) is 0 Å². The molecule has 108 valence electrons. The van der Waals surface area contributed by atoms with Gasteiger partial charge in [0.15, 0.2) is 0 Å². The highest BCUT2D eigenvalue weighted by atomic mass is 32.2. The number of hydrogen-bond donors (Lipinski definition) is 2. The zero-order valence-electron chi connectivity index (χ0n) is 11.2. The highest BCUT2D eigenvalue weighted by Crippen LogP contribution is 2.23. The van der Waals surface area contributed by atoms with Gasteiger partial charge in [-0.05, 0) is 20.5 Å². The van der Waals surface area contributed by atoms with Crippen molar-refractivity contribution in [2.45, 2.75) is 17.4 Å². The molecular formula is C11H20N4O3S. The standard InChI is InChI=1S/C11H20N4O3S/c1-14(2)7-9-3-4-15(8-11(9)16)19(17,18)10-5-12-13-6-10/h5-6,9,11,16H,3-4,7-8H2,1-2H3,(H,12,13)/t9-,11+/m0/s1. The normalized spacial score (nSPS) is 25.9. The SMILES string of the molecule is CN(C)C[C@@H]1CCN(S(=O)(=O)c2cn[nH]c2)C[C@H]1O. The summed E-state index contributed by atoms with van der Waals surface area (Å²) in [5.74, 6) is 0.116. The molecule has 0 saturated carbocycles. The first kappa shape index (κ1) is 14.4. The Morgan fingerprint density at radius 1 is 1.58 bits per heavy atom. The molecule has 1 aliphatic heterocycles. The average Bonchev–Trinajstić information content (AvgIpc) is 2.85. The molecule has 1 aromatic heterocycles. The number of aromatic amines is 1. The Morgan fingerprint density at radius 2 is 2.32 bits per heavy atom. The van der Waals surface area contributed by atoms with E-state index in [1.165, 1.54) is 16.7 Å². The van der Waals surface area contributed by atoms with Gasteiger partial charge in [0, 0.05) is 31.7 Å². The smallest absolute Gasteiger partial charge is 0.246 e. The zero-order valence-corrected chi connectivity index (χ0v) is 12.0. The number of aromatic nitrogens is 2. The maximum atomic E-state index is 12.3. The fourth-order valence-corrected chi connectivity index (χ4v) is 3.76. The van der Waals surface area contributed by atoms with Crippen molar-refractivity contribution in [2.75, 3.05) is 33.7 Å². The molecule has 1 aromatic rings. The Morgan fingerprint density at radius 3 is 2.84 bits per heavy atom. The van der Waals surface area contributed by atoms with Gasteiger partial charge in [0.05, 0.1) is 12.3 Å². The van der Waals surface area contributed by atoms with Crippen molar-refractivity contribution in [1.82, 2.24) is 19.4 Å². The van der Waals surface area contributed by atoms with Gasteiger partial charge in [-0.2, -0.15) is 9.40 Å². The molecule has 2 N–H and O–H groups in total. The van der Waals surface area contributed by atoms with Crippen LogP contribution in [-0.4, -0.2) is 72.8 Å². The molecule has 1 fully saturated rings. The summed E-state index contributed by atoms with van der Waals surface area (Å²) in [5.41, 5.74) is 0. The summed E-state index contributed by atoms with van der Waals surface area (Å²) in [5, 5.41) is 16.2. The number of H-pyrrole nitrogens is 1. The van der Waals surface area contributed by atoms with Gasteiger partial charge in [0.1, 0.15) is 4.90 Å². The van der Waals surface area contributed by atoms with Crippen LogP contribution in [0.5, 0.6) is 0 Å². The number of rotatable bonds is 4. The highest BCUT2D eigenvalue weighted by molar-refractivity contribution is 7.89. The van der Waals surface area contributed by atoms with E-state index in [9.17, 15) is 13.5 Å². The molecule has 0 amide bonds. The van der Waals surface area contributed by atoms with Crippen LogP contribution in [0.3, 0.4) is 0 Å². The lowest BCUT2D eigenvalue weighted by atomic mass is 9.95. The van der Waals surface area contributed by atoms with Crippen molar-refractivity contribution in [2.24, 2.45) is 5.92 Å². The number of aliphatic hydroxyl groups is 1. The number of aliphatic hydroxyl groups excluding tert-OH is 1. The lowest BCUT2D eigenvalue weighted by molar-refractivity contribution is 0.0394. The molecule has 0 bridgehead atoms. The Balaban J connectivity index is 2.06. The maximum Gasteiger partial charge on any atom is 0.246 e. The van der Waals surface area contributed by atoms with Crippen LogP contribution < -0.4 is 0 Å². The van der Waals surface area contributed by atoms with Crippen LogP contribution in [0.1, 0.15) is 6.42 Å². The molecule has 0 spiro atoms. The first-order valence-corrected chi connectivity index (χ1v) is 7.67. The number of hydrogen-bond acceptors (Lipinski definition) is 5. The third-order valence-electron chi connectivity index (χ3n) is 3.39. The van der Waals surface area contributed by atoms with Crippen molar-refractivity contribution in [3.05, 3.63) is 12.4 Å². The lowest BCUT2D eigenvalue weighted by Crippen LogP contribution is -2.48. The summed E-state index contributed by atoms with van der Waals surface area (Å²) in [4.78, 5) is 2.15. The maximum absolute atomic E-state index is 12.3. The quantitative estimate of drug-likeness (QED) is 0.768. The summed E-state index contributed by atoms with van der Waals surface area (Å²) in [7, 11) is 0.354. The second-order valence-corrected chi connectivity index (χ2v) is 7.11. The predicted octanol–water partition coefficient (Wildman–Crippen LogP) is -0.657. The first-order chi connectivity index (χ1) is 8.91. The third-order valence-corrected chi connectivity index (χ3v) is 5.23. The van der Waals surface area contributed by atoms with Crippen molar-refractivity contribution in [3.63, 3.8) is 0 Å². The van der Waals surface area contributed by atoms with Gasteiger partial charge in [-0.1, -0.05) is 0 Å². The molecule has 19 heavy (non-hydrogen) atoms. The molecule has 7 nitrogen and oxygen atoms in total. The molecule has 0 aliphatic carbocycles. The number of β-amino-alcohol motifs (C(OH)–C–C–N with tert-alkyl or cyclic N) is 1. The molecule has 2 rings (SSSR count). The average molecular weight is 288 g/mol. The fourth-order valence-electron chi connectivity index (χ4n) is 2.38. The zero-order chi connectivity index (χ0) is 14.0. The summed E-state index contributed by atoms with van der Waals surface area (Å²) < 4.78 is 25.9. The number of nitrogens with zero attached hydrogens (tertiary/aromatic N) is 3. The molecular weight excluding hydrogens is 268 g/mol. The van der Waals surface area contributed by atoms with Crippen molar-refractivity contribution in [1.29, 1.82) is 0 Å². The van der Waals surface area contributed by atoms with Gasteiger partial charge < -0.3 is 10.0 Å². The molecule has 0 unspecified atom stereocenters. The molecule has 2 heterocycles. The first-order valence-electron chi connectivity index (χ1n) is 6.23. The summed E-state index contributed by atoms with van der Waals surface area (Å²) in [6.45, 7) is 1.34. The molecule has 0 aromatic carbocycles. The van der Waals surface area contributed by atoms with Crippen LogP contribution in [0.2, 0.25) is 0 Å². The van der Waals surface area contributed by atoms with E-state index >= 15 is 0 Å². The number of sulfonamides is 1. The van der Waals surface area contributed by atoms with Crippen LogP contribution in [-0.2, 0) is 10.0 Å². The number of piperidine rings is 1. The van der Waals surface area contributed by atoms with Crippen LogP contribution in [0.25, 0.3) is 0 Å². The summed E-state index contributed by atoms with van der Waals surface area (Å²) in [6.07, 6.45) is 2.68. The Hall–Kier alpha value is -0.960. The van der Waals surface area contributed by atoms with Gasteiger partial charge in [0.2, 0.25) is 10.0 Å². The Bertz CT molecular complexity index is 500. The van der Waals surface area contributed by atoms with E-state index in [1.54, 1.807) is 0 Å². The Labute approximate surface area is 113 Å². The second-order valence-electron chi connectivity index (χ2n) is 5.18. The predicted molar refractivity (Wildman–Crippen MR) is 70.0 cm³/mol. The lowest BCUT2D eigenvalue weighted by Gasteiger charge is -2.36. The van der Waals surface area contributed by atoms with Gasteiger partial charge >= 0.3 is 0 Å². The molecule has 0 radical (unpaired) electrons. The van der Waals surface area contributed by atoms with E-state index in [0.717, 1.165) is 6.54 Å². The fraction of sp³-hybridized carbons (Fsp3) is 0.727. The van der Waals surface area contributed by atoms with E-state index in [1.807, 2.05) is 19.0 Å². The second kappa shape index (κ2) is 5.58. The van der Waals surface area contributed by atoms with Gasteiger partial charge in [0.25, 0.3) is 0 Å². The molecule has 8 heteroatoms. The highest BCUT2D eigenvalue weighted by Gasteiger charge is 2.35. The largest absolute Gasteiger partial charge is 0.391 e. The van der Waals surface area contributed by atoms with E-state index in [0.29, 0.717) is 13.0 Å². The van der Waals surface area contributed by atoms with Crippen molar-refractivity contribution < 1.29 is 13.5 Å². The van der Waals surface area contributed by atoms with Crippen molar-refractivity contribution >= 4 is 10.0 Å². The van der Waals surface area contributed by atoms with Crippen LogP contribution in [0, 0.1) is 5.92 Å². The van der Waals surface area contributed by atoms with E-state index < -0.39 is 16.1 Å². The minimum Gasteiger partial charge on any atom is -0.391 e. The van der Waals surface area contributed by atoms with Crippen LogP contribution >= 0.6 is 0 Å². The molecule has 2 atom stereocenters. The summed E-state index contributed by atoms with van der Waals surface area (Å²) in [6, 6.07) is 0. The topological polar surface area (TPSA) is 89.5 Å². The number of nitrogens with one attached hydrogen (secondary N) is 1. The third kappa shape index (κ3) is 3.14.